The average molecular weight is 335 g/mol. The fraction of sp³-hybridized carbons (Fsp3) is 0.294. The van der Waals surface area contributed by atoms with Gasteiger partial charge in [0.1, 0.15) is 11.5 Å². The highest BCUT2D eigenvalue weighted by Crippen LogP contribution is 2.37. The van der Waals surface area contributed by atoms with E-state index in [0.717, 1.165) is 0 Å². The van der Waals surface area contributed by atoms with E-state index >= 15 is 0 Å². The molecule has 0 spiro atoms. The van der Waals surface area contributed by atoms with E-state index < -0.39 is 18.5 Å². The Bertz CT molecular complexity index is 860. The summed E-state index contributed by atoms with van der Waals surface area (Å²) in [5.41, 5.74) is 1.27. The Balaban J connectivity index is 2.12. The molecule has 1 aromatic carbocycles. The van der Waals surface area contributed by atoms with Crippen molar-refractivity contribution in [1.29, 1.82) is 0 Å². The number of pyridine rings is 1. The third-order valence-corrected chi connectivity index (χ3v) is 4.10. The molecule has 1 aliphatic rings. The van der Waals surface area contributed by atoms with E-state index in [2.05, 4.69) is 4.74 Å². The van der Waals surface area contributed by atoms with Gasteiger partial charge in [-0.1, -0.05) is 12.1 Å². The van der Waals surface area contributed by atoms with Gasteiger partial charge in [0.05, 0.1) is 12.0 Å². The number of aryl methyl sites for hydroxylation is 1. The van der Waals surface area contributed by atoms with E-state index in [0.29, 0.717) is 16.8 Å². The molecule has 2 heterocycles. The van der Waals surface area contributed by atoms with E-state index in [9.17, 15) is 18.4 Å². The monoisotopic (exact) mass is 335 g/mol. The number of carbonyl (C=O) groups is 1. The summed E-state index contributed by atoms with van der Waals surface area (Å²) in [5, 5.41) is 0. The SMILES string of the molecule is Cc1cc2c(c(=O)n1C)[C@@H](c1cccc(OC(F)F)c1)CC(=O)O2. The zero-order valence-corrected chi connectivity index (χ0v) is 13.1. The molecule has 1 aliphatic heterocycles. The van der Waals surface area contributed by atoms with Crippen LogP contribution < -0.4 is 15.0 Å². The van der Waals surface area contributed by atoms with Gasteiger partial charge < -0.3 is 14.0 Å². The molecule has 3 rings (SSSR count). The Morgan fingerprint density at radius 2 is 2.04 bits per heavy atom. The average Bonchev–Trinajstić information content (AvgIpc) is 2.51. The van der Waals surface area contributed by atoms with Crippen molar-refractivity contribution >= 4 is 5.97 Å². The van der Waals surface area contributed by atoms with Gasteiger partial charge in [-0.25, -0.2) is 0 Å². The maximum atomic E-state index is 12.6. The van der Waals surface area contributed by atoms with Crippen molar-refractivity contribution in [3.8, 4) is 11.5 Å². The highest BCUT2D eigenvalue weighted by molar-refractivity contribution is 5.77. The van der Waals surface area contributed by atoms with Crippen LogP contribution in [-0.4, -0.2) is 17.1 Å². The first-order chi connectivity index (χ1) is 11.4. The molecule has 0 radical (unpaired) electrons. The van der Waals surface area contributed by atoms with Crippen LogP contribution in [0.1, 0.15) is 29.2 Å². The van der Waals surface area contributed by atoms with Gasteiger partial charge in [0.25, 0.3) is 5.56 Å². The maximum absolute atomic E-state index is 12.6. The molecule has 0 aliphatic carbocycles. The molecule has 0 saturated carbocycles. The number of aromatic nitrogens is 1. The van der Waals surface area contributed by atoms with Crippen molar-refractivity contribution < 1.29 is 23.0 Å². The van der Waals surface area contributed by atoms with Crippen molar-refractivity contribution in [3.05, 3.63) is 57.5 Å². The fourth-order valence-corrected chi connectivity index (χ4v) is 2.84. The molecule has 0 N–H and O–H groups in total. The summed E-state index contributed by atoms with van der Waals surface area (Å²) in [6.45, 7) is -1.21. The molecule has 126 valence electrons. The first-order valence-electron chi connectivity index (χ1n) is 7.33. The van der Waals surface area contributed by atoms with Gasteiger partial charge in [-0.05, 0) is 24.6 Å². The number of hydrogen-bond donors (Lipinski definition) is 0. The molecule has 2 aromatic rings. The van der Waals surface area contributed by atoms with Crippen LogP contribution in [0.3, 0.4) is 0 Å². The predicted octanol–water partition coefficient (Wildman–Crippen LogP) is 2.74. The molecular formula is C17H15F2NO4. The van der Waals surface area contributed by atoms with Crippen LogP contribution in [0.5, 0.6) is 11.5 Å². The minimum atomic E-state index is -2.95. The van der Waals surface area contributed by atoms with Crippen molar-refractivity contribution in [2.45, 2.75) is 25.9 Å². The second-order valence-corrected chi connectivity index (χ2v) is 5.61. The van der Waals surface area contributed by atoms with Crippen molar-refractivity contribution in [1.82, 2.24) is 4.57 Å². The van der Waals surface area contributed by atoms with Gasteiger partial charge in [0, 0.05) is 24.7 Å². The summed E-state index contributed by atoms with van der Waals surface area (Å²) in [4.78, 5) is 24.5. The van der Waals surface area contributed by atoms with Gasteiger partial charge in [0.15, 0.2) is 0 Å². The number of rotatable bonds is 3. The number of halogens is 2. The van der Waals surface area contributed by atoms with Crippen LogP contribution in [0.4, 0.5) is 8.78 Å². The Morgan fingerprint density at radius 1 is 1.29 bits per heavy atom. The molecule has 0 amide bonds. The second-order valence-electron chi connectivity index (χ2n) is 5.61. The lowest BCUT2D eigenvalue weighted by Crippen LogP contribution is -2.31. The van der Waals surface area contributed by atoms with E-state index in [-0.39, 0.29) is 23.5 Å². The molecule has 0 bridgehead atoms. The van der Waals surface area contributed by atoms with Crippen molar-refractivity contribution in [2.75, 3.05) is 0 Å². The number of esters is 1. The number of ether oxygens (including phenoxy) is 2. The van der Waals surface area contributed by atoms with Crippen LogP contribution in [0, 0.1) is 6.92 Å². The zero-order chi connectivity index (χ0) is 17.4. The summed E-state index contributed by atoms with van der Waals surface area (Å²) >= 11 is 0. The number of fused-ring (bicyclic) bond motifs is 1. The summed E-state index contributed by atoms with van der Waals surface area (Å²) < 4.78 is 35.9. The second kappa shape index (κ2) is 6.07. The molecular weight excluding hydrogens is 320 g/mol. The number of carbonyl (C=O) groups excluding carboxylic acids is 1. The summed E-state index contributed by atoms with van der Waals surface area (Å²) in [6, 6.07) is 7.65. The molecule has 1 aromatic heterocycles. The van der Waals surface area contributed by atoms with Crippen molar-refractivity contribution in [2.24, 2.45) is 7.05 Å². The van der Waals surface area contributed by atoms with E-state index in [1.54, 1.807) is 32.2 Å². The van der Waals surface area contributed by atoms with Gasteiger partial charge in [-0.3, -0.25) is 9.59 Å². The van der Waals surface area contributed by atoms with Crippen molar-refractivity contribution in [3.63, 3.8) is 0 Å². The highest BCUT2D eigenvalue weighted by Gasteiger charge is 2.32. The maximum Gasteiger partial charge on any atom is 0.387 e. The van der Waals surface area contributed by atoms with Crippen LogP contribution in [-0.2, 0) is 11.8 Å². The fourth-order valence-electron chi connectivity index (χ4n) is 2.84. The lowest BCUT2D eigenvalue weighted by Gasteiger charge is -2.25. The van der Waals surface area contributed by atoms with Gasteiger partial charge in [-0.15, -0.1) is 0 Å². The zero-order valence-electron chi connectivity index (χ0n) is 13.1. The summed E-state index contributed by atoms with van der Waals surface area (Å²) in [7, 11) is 1.63. The number of alkyl halides is 2. The molecule has 1 atom stereocenters. The van der Waals surface area contributed by atoms with Crippen LogP contribution in [0.15, 0.2) is 35.1 Å². The smallest absolute Gasteiger partial charge is 0.387 e. The predicted molar refractivity (Wildman–Crippen MR) is 81.6 cm³/mol. The first-order valence-corrected chi connectivity index (χ1v) is 7.33. The molecule has 0 fully saturated rings. The first kappa shape index (κ1) is 16.2. The van der Waals surface area contributed by atoms with Gasteiger partial charge >= 0.3 is 12.6 Å². The molecule has 0 saturated heterocycles. The van der Waals surface area contributed by atoms with E-state index in [4.69, 9.17) is 4.74 Å². The van der Waals surface area contributed by atoms with Crippen LogP contribution in [0.2, 0.25) is 0 Å². The summed E-state index contributed by atoms with van der Waals surface area (Å²) in [6.07, 6.45) is -0.0383. The minimum absolute atomic E-state index is 0.0214. The molecule has 7 heteroatoms. The number of nitrogens with zero attached hydrogens (tertiary/aromatic N) is 1. The Morgan fingerprint density at radius 3 is 2.75 bits per heavy atom. The van der Waals surface area contributed by atoms with Crippen LogP contribution >= 0.6 is 0 Å². The molecule has 24 heavy (non-hydrogen) atoms. The third kappa shape index (κ3) is 2.89. The largest absolute Gasteiger partial charge is 0.435 e. The molecule has 5 nitrogen and oxygen atoms in total. The Hall–Kier alpha value is -2.70. The standard InChI is InChI=1S/C17H15F2NO4/c1-9-6-13-15(16(22)20(9)2)12(8-14(21)24-13)10-4-3-5-11(7-10)23-17(18)19/h3-7,12,17H,8H2,1-2H3/t12-/m1/s1. The highest BCUT2D eigenvalue weighted by atomic mass is 19.3. The topological polar surface area (TPSA) is 57.5 Å². The van der Waals surface area contributed by atoms with Gasteiger partial charge in [0.2, 0.25) is 0 Å². The number of hydrogen-bond acceptors (Lipinski definition) is 4. The van der Waals surface area contributed by atoms with E-state index in [1.165, 1.54) is 16.7 Å². The Kier molecular flexibility index (Phi) is 4.09. The molecule has 0 unspecified atom stereocenters. The lowest BCUT2D eigenvalue weighted by atomic mass is 9.87. The number of benzene rings is 1. The summed E-state index contributed by atoms with van der Waals surface area (Å²) in [5.74, 6) is -0.842. The van der Waals surface area contributed by atoms with Crippen LogP contribution in [0.25, 0.3) is 0 Å². The lowest BCUT2D eigenvalue weighted by molar-refractivity contribution is -0.135. The third-order valence-electron chi connectivity index (χ3n) is 4.10. The minimum Gasteiger partial charge on any atom is -0.435 e. The quantitative estimate of drug-likeness (QED) is 0.810. The normalized spacial score (nSPS) is 16.7. The Labute approximate surface area is 136 Å². The van der Waals surface area contributed by atoms with Gasteiger partial charge in [-0.2, -0.15) is 8.78 Å². The van der Waals surface area contributed by atoms with E-state index in [1.807, 2.05) is 0 Å².